The van der Waals surface area contributed by atoms with E-state index in [1.807, 2.05) is 60.7 Å². The van der Waals surface area contributed by atoms with Crippen LogP contribution in [-0.4, -0.2) is 46.1 Å². The predicted molar refractivity (Wildman–Crippen MR) is 145 cm³/mol. The Hall–Kier alpha value is -3.24. The van der Waals surface area contributed by atoms with E-state index < -0.39 is 46.8 Å². The average Bonchev–Trinajstić information content (AvgIpc) is 2.91. The third-order valence-corrected chi connectivity index (χ3v) is 6.78. The fourth-order valence-corrected chi connectivity index (χ4v) is 4.51. The van der Waals surface area contributed by atoms with Gasteiger partial charge in [0.25, 0.3) is 0 Å². The number of unbranched alkanes of at least 4 members (excludes halogenated alkanes) is 3. The van der Waals surface area contributed by atoms with E-state index in [1.165, 1.54) is 6.92 Å². The normalized spacial score (nSPS) is 15.1. The topological polar surface area (TPSA) is 179 Å². The summed E-state index contributed by atoms with van der Waals surface area (Å²) in [4.78, 5) is 51.6. The molecule has 2 unspecified atom stereocenters. The number of ketones is 3. The second-order valence-corrected chi connectivity index (χ2v) is 9.99. The van der Waals surface area contributed by atoms with Gasteiger partial charge >= 0.3 is 0 Å². The van der Waals surface area contributed by atoms with Crippen molar-refractivity contribution in [2.24, 2.45) is 23.1 Å². The van der Waals surface area contributed by atoms with Crippen molar-refractivity contribution in [3.8, 4) is 0 Å². The van der Waals surface area contributed by atoms with Crippen LogP contribution >= 0.6 is 0 Å². The summed E-state index contributed by atoms with van der Waals surface area (Å²) in [7, 11) is 0. The minimum absolute atomic E-state index is 0.0676. The van der Waals surface area contributed by atoms with Gasteiger partial charge in [0.2, 0.25) is 5.91 Å². The molecule has 9 heteroatoms. The molecule has 4 atom stereocenters. The summed E-state index contributed by atoms with van der Waals surface area (Å²) in [6.07, 6.45) is 3.00. The van der Waals surface area contributed by atoms with Crippen LogP contribution in [0.5, 0.6) is 0 Å². The second-order valence-electron chi connectivity index (χ2n) is 9.99. The molecular formula is C29H40N4O5. The number of carbonyl (C=O) groups is 4. The van der Waals surface area contributed by atoms with Gasteiger partial charge < -0.3 is 17.2 Å². The summed E-state index contributed by atoms with van der Waals surface area (Å²) < 4.78 is 0. The highest BCUT2D eigenvalue weighted by Gasteiger charge is 2.48. The molecular weight excluding hydrogens is 484 g/mol. The maximum absolute atomic E-state index is 13.6. The van der Waals surface area contributed by atoms with Crippen LogP contribution in [-0.2, 0) is 32.0 Å². The molecule has 0 fully saturated rings. The standard InChI is InChI=1S/C29H40N4O5/c1-29(32,24(34)16-10-2-3-11-17-25(35)33-38)26(27(36)22(30)18-20-12-6-4-7-13-20)28(37)23(31)19-21-14-8-5-9-15-21/h4-9,12-15,22-23,26,38H,2-3,10-11,16-19,30-32H2,1H3,(H,33,35)/t22-,23?,26?,29+/m0/s1. The first-order chi connectivity index (χ1) is 18.1. The molecule has 1 amide bonds. The molecule has 2 aromatic rings. The van der Waals surface area contributed by atoms with Gasteiger partial charge in [0.05, 0.1) is 17.6 Å². The number of nitrogens with two attached hydrogens (primary N) is 3. The number of amides is 1. The third-order valence-electron chi connectivity index (χ3n) is 6.78. The van der Waals surface area contributed by atoms with E-state index in [1.54, 1.807) is 5.48 Å². The van der Waals surface area contributed by atoms with Crippen LogP contribution in [0.25, 0.3) is 0 Å². The molecule has 0 saturated carbocycles. The molecule has 0 aliphatic heterocycles. The molecule has 0 heterocycles. The van der Waals surface area contributed by atoms with Gasteiger partial charge in [0, 0.05) is 12.8 Å². The van der Waals surface area contributed by atoms with E-state index in [9.17, 15) is 19.2 Å². The number of benzene rings is 2. The predicted octanol–water partition coefficient (Wildman–Crippen LogP) is 2.01. The molecule has 0 aliphatic carbocycles. The van der Waals surface area contributed by atoms with E-state index in [-0.39, 0.29) is 25.7 Å². The van der Waals surface area contributed by atoms with Crippen molar-refractivity contribution in [2.45, 2.75) is 75.9 Å². The summed E-state index contributed by atoms with van der Waals surface area (Å²) in [6, 6.07) is 16.3. The van der Waals surface area contributed by atoms with Crippen LogP contribution in [0, 0.1) is 5.92 Å². The van der Waals surface area contributed by atoms with Gasteiger partial charge in [-0.3, -0.25) is 24.4 Å². The van der Waals surface area contributed by atoms with E-state index in [4.69, 9.17) is 22.4 Å². The quantitative estimate of drug-likeness (QED) is 0.0902. The molecule has 2 aromatic carbocycles. The van der Waals surface area contributed by atoms with Crippen molar-refractivity contribution >= 4 is 23.3 Å². The highest BCUT2D eigenvalue weighted by molar-refractivity contribution is 6.12. The molecule has 9 nitrogen and oxygen atoms in total. The number of carbonyl (C=O) groups excluding carboxylic acids is 4. The van der Waals surface area contributed by atoms with Crippen molar-refractivity contribution < 1.29 is 24.4 Å². The maximum atomic E-state index is 13.6. The van der Waals surface area contributed by atoms with Gasteiger partial charge in [-0.2, -0.15) is 0 Å². The SMILES string of the molecule is C[C@@](N)(C(=O)CCCCCCC(=O)NO)C(C(=O)C(N)Cc1ccccc1)C(=O)[C@@H](N)Cc1ccccc1. The van der Waals surface area contributed by atoms with Crippen molar-refractivity contribution in [3.05, 3.63) is 71.8 Å². The third kappa shape index (κ3) is 9.25. The molecule has 0 bridgehead atoms. The summed E-state index contributed by atoms with van der Waals surface area (Å²) in [6.45, 7) is 1.41. The Morgan fingerprint density at radius 3 is 1.61 bits per heavy atom. The number of hydroxylamine groups is 1. The first-order valence-electron chi connectivity index (χ1n) is 13.0. The molecule has 2 rings (SSSR count). The Kier molecular flexibility index (Phi) is 12.4. The Labute approximate surface area is 224 Å². The molecule has 38 heavy (non-hydrogen) atoms. The number of Topliss-reactive ketones (excluding diaryl/α,β-unsaturated/α-hetero) is 3. The van der Waals surface area contributed by atoms with Crippen LogP contribution in [0.2, 0.25) is 0 Å². The number of hydrogen-bond acceptors (Lipinski definition) is 8. The average molecular weight is 525 g/mol. The van der Waals surface area contributed by atoms with E-state index in [0.29, 0.717) is 25.7 Å². The summed E-state index contributed by atoms with van der Waals surface area (Å²) >= 11 is 0. The monoisotopic (exact) mass is 524 g/mol. The van der Waals surface area contributed by atoms with Crippen molar-refractivity contribution in [2.75, 3.05) is 0 Å². The fourth-order valence-electron chi connectivity index (χ4n) is 4.51. The number of rotatable bonds is 17. The zero-order valence-corrected chi connectivity index (χ0v) is 22.0. The summed E-state index contributed by atoms with van der Waals surface area (Å²) in [5.74, 6) is -3.57. The minimum Gasteiger partial charge on any atom is -0.321 e. The molecule has 0 saturated heterocycles. The largest absolute Gasteiger partial charge is 0.321 e. The van der Waals surface area contributed by atoms with Crippen LogP contribution in [0.4, 0.5) is 0 Å². The van der Waals surface area contributed by atoms with Gasteiger partial charge in [-0.05, 0) is 43.7 Å². The van der Waals surface area contributed by atoms with Crippen LogP contribution < -0.4 is 22.7 Å². The van der Waals surface area contributed by atoms with Crippen molar-refractivity contribution in [1.82, 2.24) is 5.48 Å². The lowest BCUT2D eigenvalue weighted by atomic mass is 9.72. The molecule has 206 valence electrons. The number of nitrogens with one attached hydrogen (secondary N) is 1. The maximum Gasteiger partial charge on any atom is 0.243 e. The van der Waals surface area contributed by atoms with Crippen LogP contribution in [0.15, 0.2) is 60.7 Å². The fraction of sp³-hybridized carbons (Fsp3) is 0.448. The Morgan fingerprint density at radius 2 is 1.18 bits per heavy atom. The van der Waals surface area contributed by atoms with Crippen LogP contribution in [0.3, 0.4) is 0 Å². The zero-order valence-electron chi connectivity index (χ0n) is 22.0. The van der Waals surface area contributed by atoms with Gasteiger partial charge in [-0.15, -0.1) is 0 Å². The van der Waals surface area contributed by atoms with Gasteiger partial charge in [-0.25, -0.2) is 5.48 Å². The number of hydrogen-bond donors (Lipinski definition) is 5. The summed E-state index contributed by atoms with van der Waals surface area (Å²) in [5, 5.41) is 8.55. The van der Waals surface area contributed by atoms with Gasteiger partial charge in [0.15, 0.2) is 17.3 Å². The molecule has 0 aromatic heterocycles. The van der Waals surface area contributed by atoms with E-state index >= 15 is 0 Å². The van der Waals surface area contributed by atoms with Crippen molar-refractivity contribution in [1.29, 1.82) is 0 Å². The van der Waals surface area contributed by atoms with Crippen molar-refractivity contribution in [3.63, 3.8) is 0 Å². The van der Waals surface area contributed by atoms with Gasteiger partial charge in [-0.1, -0.05) is 73.5 Å². The highest BCUT2D eigenvalue weighted by Crippen LogP contribution is 2.25. The summed E-state index contributed by atoms with van der Waals surface area (Å²) in [5.41, 5.74) is 20.5. The van der Waals surface area contributed by atoms with Gasteiger partial charge in [0.1, 0.15) is 5.92 Å². The molecule has 0 radical (unpaired) electrons. The smallest absolute Gasteiger partial charge is 0.243 e. The minimum atomic E-state index is -1.78. The highest BCUT2D eigenvalue weighted by atomic mass is 16.5. The van der Waals surface area contributed by atoms with E-state index in [2.05, 4.69) is 0 Å². The molecule has 0 spiro atoms. The molecule has 8 N–H and O–H groups in total. The lowest BCUT2D eigenvalue weighted by Gasteiger charge is -2.34. The first-order valence-corrected chi connectivity index (χ1v) is 13.0. The lowest BCUT2D eigenvalue weighted by Crippen LogP contribution is -2.62. The van der Waals surface area contributed by atoms with E-state index in [0.717, 1.165) is 11.1 Å². The lowest BCUT2D eigenvalue weighted by molar-refractivity contribution is -0.142. The molecule has 0 aliphatic rings. The van der Waals surface area contributed by atoms with Crippen LogP contribution in [0.1, 0.15) is 56.6 Å². The Morgan fingerprint density at radius 1 is 0.763 bits per heavy atom. The zero-order chi connectivity index (χ0) is 28.1. The Balaban J connectivity index is 2.16. The first kappa shape index (κ1) is 31.0. The Bertz CT molecular complexity index is 1000. The second kappa shape index (κ2) is 15.2.